The van der Waals surface area contributed by atoms with E-state index >= 15 is 0 Å². The van der Waals surface area contributed by atoms with Crippen LogP contribution in [0.25, 0.3) is 0 Å². The van der Waals surface area contributed by atoms with Crippen molar-refractivity contribution in [2.24, 2.45) is 11.3 Å². The lowest BCUT2D eigenvalue weighted by Gasteiger charge is -2.33. The first-order chi connectivity index (χ1) is 13.2. The molecule has 1 aromatic carbocycles. The van der Waals surface area contributed by atoms with E-state index in [0.717, 1.165) is 36.1 Å². The summed E-state index contributed by atoms with van der Waals surface area (Å²) in [6.45, 7) is 8.79. The van der Waals surface area contributed by atoms with Crippen LogP contribution >= 0.6 is 22.9 Å². The van der Waals surface area contributed by atoms with Crippen molar-refractivity contribution in [2.45, 2.75) is 47.0 Å². The quantitative estimate of drug-likeness (QED) is 0.631. The fourth-order valence-corrected chi connectivity index (χ4v) is 5.05. The average molecular weight is 419 g/mol. The van der Waals surface area contributed by atoms with E-state index in [-0.39, 0.29) is 23.1 Å². The Balaban J connectivity index is 1.94. The number of hydrogen-bond donors (Lipinski definition) is 2. The third-order valence-electron chi connectivity index (χ3n) is 5.40. The number of nitrogens with one attached hydrogen (secondary N) is 2. The van der Waals surface area contributed by atoms with Crippen molar-refractivity contribution in [3.8, 4) is 0 Å². The number of fused-ring (bicyclic) bond motifs is 1. The van der Waals surface area contributed by atoms with Gasteiger partial charge in [-0.05, 0) is 55.2 Å². The molecule has 1 heterocycles. The van der Waals surface area contributed by atoms with Crippen molar-refractivity contribution in [3.63, 3.8) is 0 Å². The van der Waals surface area contributed by atoms with E-state index in [1.807, 2.05) is 31.2 Å². The number of carbonyl (C=O) groups excluding carboxylic acids is 2. The monoisotopic (exact) mass is 418 g/mol. The van der Waals surface area contributed by atoms with E-state index < -0.39 is 0 Å². The zero-order chi connectivity index (χ0) is 20.5. The molecule has 1 aromatic heterocycles. The molecule has 0 saturated heterocycles. The first kappa shape index (κ1) is 20.9. The summed E-state index contributed by atoms with van der Waals surface area (Å²) in [6, 6.07) is 7.70. The Bertz CT molecular complexity index is 881. The molecule has 2 amide bonds. The van der Waals surface area contributed by atoms with Crippen LogP contribution in [-0.4, -0.2) is 17.7 Å². The number of aryl methyl sites for hydroxylation is 1. The Morgan fingerprint density at radius 1 is 1.18 bits per heavy atom. The predicted octanol–water partition coefficient (Wildman–Crippen LogP) is 5.64. The summed E-state index contributed by atoms with van der Waals surface area (Å²) < 4.78 is 0. The molecular weight excluding hydrogens is 392 g/mol. The summed E-state index contributed by atoms with van der Waals surface area (Å²) in [7, 11) is 0. The third-order valence-corrected chi connectivity index (χ3v) is 6.81. The maximum Gasteiger partial charge on any atom is 0.258 e. The third kappa shape index (κ3) is 4.58. The van der Waals surface area contributed by atoms with E-state index in [0.29, 0.717) is 16.5 Å². The van der Waals surface area contributed by atoms with Gasteiger partial charge in [0, 0.05) is 10.6 Å². The molecule has 4 nitrogen and oxygen atoms in total. The molecule has 0 radical (unpaired) electrons. The maximum atomic E-state index is 13.1. The normalized spacial score (nSPS) is 16.4. The summed E-state index contributed by atoms with van der Waals surface area (Å²) in [5.74, 6) is -0.0488. The maximum absolute atomic E-state index is 13.1. The Morgan fingerprint density at radius 3 is 2.46 bits per heavy atom. The number of anilines is 2. The molecule has 0 fully saturated rings. The number of halogens is 1. The molecular formula is C22H27ClN2O2S. The number of amides is 2. The molecule has 1 aliphatic rings. The summed E-state index contributed by atoms with van der Waals surface area (Å²) in [4.78, 5) is 26.2. The van der Waals surface area contributed by atoms with Gasteiger partial charge in [0.2, 0.25) is 5.91 Å². The Labute approximate surface area is 175 Å². The highest BCUT2D eigenvalue weighted by Gasteiger charge is 2.34. The van der Waals surface area contributed by atoms with Crippen molar-refractivity contribution in [2.75, 3.05) is 16.5 Å². The zero-order valence-electron chi connectivity index (χ0n) is 16.8. The predicted molar refractivity (Wildman–Crippen MR) is 118 cm³/mol. The molecule has 28 heavy (non-hydrogen) atoms. The van der Waals surface area contributed by atoms with Gasteiger partial charge in [-0.25, -0.2) is 0 Å². The Morgan fingerprint density at radius 2 is 1.86 bits per heavy atom. The highest BCUT2D eigenvalue weighted by Crippen LogP contribution is 2.44. The van der Waals surface area contributed by atoms with Gasteiger partial charge in [0.15, 0.2) is 0 Å². The second kappa shape index (κ2) is 8.26. The minimum absolute atomic E-state index is 0.133. The SMILES string of the molecule is Cc1ccc(NC(=O)c2c(NC(=O)CCl)sc3c2CC[C@@H](C(C)(C)C)C3)cc1. The van der Waals surface area contributed by atoms with Gasteiger partial charge < -0.3 is 10.6 Å². The number of carbonyl (C=O) groups is 2. The van der Waals surface area contributed by atoms with Gasteiger partial charge in [-0.3, -0.25) is 9.59 Å². The standard InChI is InChI=1S/C22H27ClN2O2S/c1-13-5-8-15(9-6-13)24-20(27)19-16-10-7-14(22(2,3)4)11-17(16)28-21(19)25-18(26)12-23/h5-6,8-9,14H,7,10-12H2,1-4H3,(H,24,27)(H,25,26)/t14-/m1/s1. The number of benzene rings is 1. The van der Waals surface area contributed by atoms with Gasteiger partial charge >= 0.3 is 0 Å². The van der Waals surface area contributed by atoms with Gasteiger partial charge in [-0.2, -0.15) is 0 Å². The van der Waals surface area contributed by atoms with Crippen molar-refractivity contribution in [3.05, 3.63) is 45.8 Å². The second-order valence-electron chi connectivity index (χ2n) is 8.52. The molecule has 3 rings (SSSR count). The minimum Gasteiger partial charge on any atom is -0.322 e. The minimum atomic E-state index is -0.294. The fraction of sp³-hybridized carbons (Fsp3) is 0.455. The van der Waals surface area contributed by atoms with Crippen molar-refractivity contribution in [1.82, 2.24) is 0 Å². The van der Waals surface area contributed by atoms with Crippen LogP contribution in [0.3, 0.4) is 0 Å². The number of rotatable bonds is 4. The molecule has 0 saturated carbocycles. The van der Waals surface area contributed by atoms with Crippen molar-refractivity contribution in [1.29, 1.82) is 0 Å². The van der Waals surface area contributed by atoms with Gasteiger partial charge in [-0.15, -0.1) is 22.9 Å². The van der Waals surface area contributed by atoms with Gasteiger partial charge in [-0.1, -0.05) is 38.5 Å². The summed E-state index contributed by atoms with van der Waals surface area (Å²) in [5.41, 5.74) is 3.75. The topological polar surface area (TPSA) is 58.2 Å². The summed E-state index contributed by atoms with van der Waals surface area (Å²) >= 11 is 7.20. The average Bonchev–Trinajstić information content (AvgIpc) is 2.99. The smallest absolute Gasteiger partial charge is 0.258 e. The van der Waals surface area contributed by atoms with Crippen LogP contribution in [0.1, 0.15) is 53.6 Å². The van der Waals surface area contributed by atoms with Crippen LogP contribution in [0, 0.1) is 18.3 Å². The van der Waals surface area contributed by atoms with Gasteiger partial charge in [0.1, 0.15) is 10.9 Å². The van der Waals surface area contributed by atoms with E-state index in [9.17, 15) is 9.59 Å². The largest absolute Gasteiger partial charge is 0.322 e. The summed E-state index contributed by atoms with van der Waals surface area (Å²) in [5, 5.41) is 6.42. The zero-order valence-corrected chi connectivity index (χ0v) is 18.4. The van der Waals surface area contributed by atoms with Crippen LogP contribution in [0.2, 0.25) is 0 Å². The number of thiophene rings is 1. The molecule has 0 bridgehead atoms. The Hall–Kier alpha value is -1.85. The molecule has 0 unspecified atom stereocenters. The van der Waals surface area contributed by atoms with Gasteiger partial charge in [0.05, 0.1) is 5.56 Å². The highest BCUT2D eigenvalue weighted by atomic mass is 35.5. The van der Waals surface area contributed by atoms with Crippen LogP contribution in [0.4, 0.5) is 10.7 Å². The van der Waals surface area contributed by atoms with E-state index in [4.69, 9.17) is 11.6 Å². The molecule has 1 aliphatic carbocycles. The first-order valence-corrected chi connectivity index (χ1v) is 10.9. The molecule has 0 aliphatic heterocycles. The van der Waals surface area contributed by atoms with Crippen molar-refractivity contribution >= 4 is 45.4 Å². The number of hydrogen-bond acceptors (Lipinski definition) is 3. The molecule has 1 atom stereocenters. The lowest BCUT2D eigenvalue weighted by Crippen LogP contribution is -2.27. The first-order valence-electron chi connectivity index (χ1n) is 9.57. The molecule has 2 aromatic rings. The number of alkyl halides is 1. The van der Waals surface area contributed by atoms with Crippen LogP contribution in [0.5, 0.6) is 0 Å². The van der Waals surface area contributed by atoms with Crippen LogP contribution in [0.15, 0.2) is 24.3 Å². The van der Waals surface area contributed by atoms with Crippen LogP contribution in [-0.2, 0) is 17.6 Å². The second-order valence-corrected chi connectivity index (χ2v) is 9.89. The van der Waals surface area contributed by atoms with Crippen molar-refractivity contribution < 1.29 is 9.59 Å². The fourth-order valence-electron chi connectivity index (χ4n) is 3.64. The highest BCUT2D eigenvalue weighted by molar-refractivity contribution is 7.17. The summed E-state index contributed by atoms with van der Waals surface area (Å²) in [6.07, 6.45) is 2.83. The molecule has 6 heteroatoms. The van der Waals surface area contributed by atoms with E-state index in [1.165, 1.54) is 16.2 Å². The lowest BCUT2D eigenvalue weighted by atomic mass is 9.72. The van der Waals surface area contributed by atoms with E-state index in [1.54, 1.807) is 0 Å². The van der Waals surface area contributed by atoms with Crippen LogP contribution < -0.4 is 10.6 Å². The van der Waals surface area contributed by atoms with Gasteiger partial charge in [0.25, 0.3) is 5.91 Å². The van der Waals surface area contributed by atoms with E-state index in [2.05, 4.69) is 31.4 Å². The lowest BCUT2D eigenvalue weighted by molar-refractivity contribution is -0.113. The molecule has 2 N–H and O–H groups in total. The Kier molecular flexibility index (Phi) is 6.15. The molecule has 0 spiro atoms. The molecule has 150 valence electrons.